The van der Waals surface area contributed by atoms with Gasteiger partial charge in [0.2, 0.25) is 17.7 Å². The number of hydrogen-bond donors (Lipinski definition) is 0. The number of likely N-dealkylation sites (N-methyl/N-ethyl adjacent to an activating group) is 1. The maximum Gasteiger partial charge on any atom is 0.242 e. The van der Waals surface area contributed by atoms with Gasteiger partial charge in [-0.2, -0.15) is 4.98 Å². The highest BCUT2D eigenvalue weighted by Crippen LogP contribution is 2.35. The zero-order valence-corrected chi connectivity index (χ0v) is 15.5. The lowest BCUT2D eigenvalue weighted by atomic mass is 9.85. The molecule has 1 aliphatic heterocycles. The fraction of sp³-hybridized carbons (Fsp3) is 0.500. The molecule has 2 fully saturated rings. The molecule has 27 heavy (non-hydrogen) atoms. The molecule has 1 aromatic carbocycles. The molecule has 0 bridgehead atoms. The summed E-state index contributed by atoms with van der Waals surface area (Å²) in [5.74, 6) is 1.63. The fourth-order valence-electron chi connectivity index (χ4n) is 3.61. The van der Waals surface area contributed by atoms with Gasteiger partial charge in [0.1, 0.15) is 0 Å². The third-order valence-electron chi connectivity index (χ3n) is 5.55. The topological polar surface area (TPSA) is 79.5 Å². The molecule has 2 aliphatic rings. The highest BCUT2D eigenvalue weighted by atomic mass is 16.5. The van der Waals surface area contributed by atoms with Crippen molar-refractivity contribution >= 4 is 11.8 Å². The van der Waals surface area contributed by atoms with Crippen LogP contribution in [0.2, 0.25) is 0 Å². The van der Waals surface area contributed by atoms with Crippen LogP contribution in [-0.4, -0.2) is 51.9 Å². The van der Waals surface area contributed by atoms with Gasteiger partial charge in [0.05, 0.1) is 13.1 Å². The number of carbonyl (C=O) groups is 2. The number of benzene rings is 1. The van der Waals surface area contributed by atoms with Crippen molar-refractivity contribution in [3.05, 3.63) is 47.6 Å². The van der Waals surface area contributed by atoms with Crippen molar-refractivity contribution in [3.8, 4) is 0 Å². The molecule has 1 saturated carbocycles. The predicted octanol–water partition coefficient (Wildman–Crippen LogP) is 2.31. The van der Waals surface area contributed by atoms with Gasteiger partial charge in [-0.15, -0.1) is 0 Å². The van der Waals surface area contributed by atoms with Gasteiger partial charge in [-0.05, 0) is 18.4 Å². The van der Waals surface area contributed by atoms with Crippen LogP contribution in [0.3, 0.4) is 0 Å². The van der Waals surface area contributed by atoms with Gasteiger partial charge in [-0.3, -0.25) is 9.59 Å². The van der Waals surface area contributed by atoms with E-state index >= 15 is 0 Å². The molecule has 2 amide bonds. The molecule has 1 saturated heterocycles. The summed E-state index contributed by atoms with van der Waals surface area (Å²) in [6, 6.07) is 9.98. The first-order valence-electron chi connectivity index (χ1n) is 9.49. The highest BCUT2D eigenvalue weighted by Gasteiger charge is 2.32. The second-order valence-electron chi connectivity index (χ2n) is 7.51. The van der Waals surface area contributed by atoms with Crippen LogP contribution in [-0.2, 0) is 16.1 Å². The largest absolute Gasteiger partial charge is 0.339 e. The van der Waals surface area contributed by atoms with Crippen LogP contribution in [0, 0.1) is 0 Å². The van der Waals surface area contributed by atoms with E-state index in [0.717, 1.165) is 18.4 Å². The molecule has 0 spiro atoms. The van der Waals surface area contributed by atoms with Crippen molar-refractivity contribution in [1.82, 2.24) is 19.9 Å². The van der Waals surface area contributed by atoms with Crippen molar-refractivity contribution in [2.75, 3.05) is 20.1 Å². The van der Waals surface area contributed by atoms with E-state index in [9.17, 15) is 9.59 Å². The smallest absolute Gasteiger partial charge is 0.242 e. The van der Waals surface area contributed by atoms with E-state index in [1.807, 2.05) is 30.3 Å². The summed E-state index contributed by atoms with van der Waals surface area (Å²) in [7, 11) is 1.71. The molecule has 2 aromatic rings. The Hall–Kier alpha value is -2.70. The Bertz CT molecular complexity index is 816. The van der Waals surface area contributed by atoms with E-state index < -0.39 is 0 Å². The van der Waals surface area contributed by atoms with Crippen LogP contribution in [0.25, 0.3) is 0 Å². The molecule has 0 unspecified atom stereocenters. The van der Waals surface area contributed by atoms with Gasteiger partial charge in [0.25, 0.3) is 0 Å². The normalized spacial score (nSPS) is 20.0. The third kappa shape index (κ3) is 3.86. The molecule has 142 valence electrons. The molecular weight excluding hydrogens is 344 g/mol. The van der Waals surface area contributed by atoms with Crippen LogP contribution >= 0.6 is 0 Å². The zero-order valence-electron chi connectivity index (χ0n) is 15.5. The summed E-state index contributed by atoms with van der Waals surface area (Å²) >= 11 is 0. The maximum absolute atomic E-state index is 12.5. The van der Waals surface area contributed by atoms with Crippen LogP contribution in [0.1, 0.15) is 54.8 Å². The van der Waals surface area contributed by atoms with E-state index in [0.29, 0.717) is 37.1 Å². The predicted molar refractivity (Wildman–Crippen MR) is 97.7 cm³/mol. The lowest BCUT2D eigenvalue weighted by Crippen LogP contribution is -2.39. The molecule has 0 N–H and O–H groups in total. The molecule has 1 aromatic heterocycles. The van der Waals surface area contributed by atoms with E-state index in [2.05, 4.69) is 10.1 Å². The molecule has 7 nitrogen and oxygen atoms in total. The quantitative estimate of drug-likeness (QED) is 0.782. The monoisotopic (exact) mass is 368 g/mol. The summed E-state index contributed by atoms with van der Waals surface area (Å²) < 4.78 is 5.30. The van der Waals surface area contributed by atoms with Crippen molar-refractivity contribution < 1.29 is 14.1 Å². The number of hydrogen-bond acceptors (Lipinski definition) is 5. The van der Waals surface area contributed by atoms with Gasteiger partial charge in [-0.25, -0.2) is 0 Å². The van der Waals surface area contributed by atoms with Crippen LogP contribution < -0.4 is 0 Å². The van der Waals surface area contributed by atoms with Crippen molar-refractivity contribution in [3.63, 3.8) is 0 Å². The highest BCUT2D eigenvalue weighted by molar-refractivity contribution is 5.86. The minimum atomic E-state index is -0.118. The molecule has 1 atom stereocenters. The Balaban J connectivity index is 1.31. The van der Waals surface area contributed by atoms with Crippen molar-refractivity contribution in [1.29, 1.82) is 0 Å². The number of carbonyl (C=O) groups excluding carboxylic acids is 2. The van der Waals surface area contributed by atoms with Gasteiger partial charge in [-0.1, -0.05) is 41.9 Å². The lowest BCUT2D eigenvalue weighted by Gasteiger charge is -2.21. The number of likely N-dealkylation sites (tertiary alicyclic amines) is 1. The maximum atomic E-state index is 12.5. The molecule has 0 radical (unpaired) electrons. The average Bonchev–Trinajstić information content (AvgIpc) is 3.21. The van der Waals surface area contributed by atoms with E-state index in [1.54, 1.807) is 16.8 Å². The van der Waals surface area contributed by atoms with Crippen molar-refractivity contribution in [2.45, 2.75) is 44.1 Å². The Labute approximate surface area is 158 Å². The first-order chi connectivity index (χ1) is 13.1. The zero-order chi connectivity index (χ0) is 18.8. The second-order valence-corrected chi connectivity index (χ2v) is 7.51. The summed E-state index contributed by atoms with van der Waals surface area (Å²) in [6.45, 7) is 0.960. The summed E-state index contributed by atoms with van der Waals surface area (Å²) in [5.41, 5.74) is 1.14. The average molecular weight is 368 g/mol. The van der Waals surface area contributed by atoms with Crippen LogP contribution in [0.4, 0.5) is 0 Å². The second kappa shape index (κ2) is 7.50. The van der Waals surface area contributed by atoms with E-state index in [1.165, 1.54) is 6.42 Å². The van der Waals surface area contributed by atoms with E-state index in [-0.39, 0.29) is 24.3 Å². The Morgan fingerprint density at radius 3 is 2.74 bits per heavy atom. The van der Waals surface area contributed by atoms with Crippen LogP contribution in [0.15, 0.2) is 34.9 Å². The molecular formula is C20H24N4O3. The Morgan fingerprint density at radius 1 is 1.26 bits per heavy atom. The first-order valence-corrected chi connectivity index (χ1v) is 9.49. The minimum absolute atomic E-state index is 0.0254. The number of amides is 2. The first kappa shape index (κ1) is 17.7. The minimum Gasteiger partial charge on any atom is -0.339 e. The SMILES string of the molecule is CN(Cc1noc(C2CCC2)n1)C(=O)CN1C[C@H](c2ccccc2)CC1=O. The van der Waals surface area contributed by atoms with Crippen LogP contribution in [0.5, 0.6) is 0 Å². The standard InChI is InChI=1S/C20H24N4O3/c1-23(12-17-21-20(27-22-17)15-8-5-9-15)19(26)13-24-11-16(10-18(24)25)14-6-3-2-4-7-14/h2-4,6-7,15-16H,5,8-13H2,1H3/t16-/m1/s1. The van der Waals surface area contributed by atoms with Gasteiger partial charge >= 0.3 is 0 Å². The van der Waals surface area contributed by atoms with Gasteiger partial charge in [0, 0.05) is 31.8 Å². The Kier molecular flexibility index (Phi) is 4.92. The summed E-state index contributed by atoms with van der Waals surface area (Å²) in [6.07, 6.45) is 3.84. The number of rotatable bonds is 6. The van der Waals surface area contributed by atoms with Crippen molar-refractivity contribution in [2.24, 2.45) is 0 Å². The van der Waals surface area contributed by atoms with Gasteiger partial charge < -0.3 is 14.3 Å². The molecule has 1 aliphatic carbocycles. The number of aromatic nitrogens is 2. The van der Waals surface area contributed by atoms with Gasteiger partial charge in [0.15, 0.2) is 5.82 Å². The fourth-order valence-corrected chi connectivity index (χ4v) is 3.61. The van der Waals surface area contributed by atoms with E-state index in [4.69, 9.17) is 4.52 Å². The summed E-state index contributed by atoms with van der Waals surface area (Å²) in [5, 5.41) is 3.98. The summed E-state index contributed by atoms with van der Waals surface area (Å²) in [4.78, 5) is 32.5. The third-order valence-corrected chi connectivity index (χ3v) is 5.55. The Morgan fingerprint density at radius 2 is 2.04 bits per heavy atom. The number of nitrogens with zero attached hydrogens (tertiary/aromatic N) is 4. The molecule has 7 heteroatoms. The molecule has 4 rings (SSSR count). The lowest BCUT2D eigenvalue weighted by molar-refractivity contribution is -0.137. The molecule has 2 heterocycles.